The molecule has 20 heavy (non-hydrogen) atoms. The molecule has 1 unspecified atom stereocenters. The SMILES string of the molecule is Cc1ccc(OCC(C)Nc2ncc(C)cc2N)cc1. The maximum absolute atomic E-state index is 5.93. The molecule has 1 heterocycles. The molecule has 0 radical (unpaired) electrons. The fraction of sp³-hybridized carbons (Fsp3) is 0.312. The zero-order valence-corrected chi connectivity index (χ0v) is 12.2. The van der Waals surface area contributed by atoms with Crippen LogP contribution in [0, 0.1) is 13.8 Å². The second-order valence-corrected chi connectivity index (χ2v) is 5.12. The van der Waals surface area contributed by atoms with Crippen molar-refractivity contribution in [3.8, 4) is 5.75 Å². The molecule has 1 aromatic heterocycles. The van der Waals surface area contributed by atoms with Crippen LogP contribution in [-0.2, 0) is 0 Å². The number of aromatic nitrogens is 1. The van der Waals surface area contributed by atoms with Gasteiger partial charge in [-0.05, 0) is 44.5 Å². The van der Waals surface area contributed by atoms with E-state index >= 15 is 0 Å². The van der Waals surface area contributed by atoms with Crippen LogP contribution in [0.5, 0.6) is 5.75 Å². The Bertz CT molecular complexity index is 566. The van der Waals surface area contributed by atoms with Crippen LogP contribution in [0.25, 0.3) is 0 Å². The maximum Gasteiger partial charge on any atom is 0.149 e. The molecule has 106 valence electrons. The lowest BCUT2D eigenvalue weighted by Crippen LogP contribution is -2.24. The number of hydrogen-bond acceptors (Lipinski definition) is 4. The van der Waals surface area contributed by atoms with E-state index in [9.17, 15) is 0 Å². The Morgan fingerprint density at radius 1 is 1.20 bits per heavy atom. The summed E-state index contributed by atoms with van der Waals surface area (Å²) in [5, 5.41) is 3.26. The van der Waals surface area contributed by atoms with Crippen LogP contribution in [0.1, 0.15) is 18.1 Å². The van der Waals surface area contributed by atoms with Crippen LogP contribution in [-0.4, -0.2) is 17.6 Å². The second kappa shape index (κ2) is 6.28. The smallest absolute Gasteiger partial charge is 0.149 e. The first-order valence-electron chi connectivity index (χ1n) is 6.72. The lowest BCUT2D eigenvalue weighted by molar-refractivity contribution is 0.303. The predicted octanol–water partition coefficient (Wildman–Crippen LogP) is 3.16. The number of rotatable bonds is 5. The first-order chi connectivity index (χ1) is 9.54. The van der Waals surface area contributed by atoms with Crippen molar-refractivity contribution in [2.24, 2.45) is 0 Å². The summed E-state index contributed by atoms with van der Waals surface area (Å²) in [6.07, 6.45) is 1.80. The van der Waals surface area contributed by atoms with Crippen LogP contribution in [0.4, 0.5) is 11.5 Å². The van der Waals surface area contributed by atoms with Crippen molar-refractivity contribution in [3.05, 3.63) is 47.7 Å². The minimum Gasteiger partial charge on any atom is -0.491 e. The number of ether oxygens (including phenoxy) is 1. The van der Waals surface area contributed by atoms with Gasteiger partial charge in [0.15, 0.2) is 0 Å². The number of aryl methyl sites for hydroxylation is 2. The summed E-state index contributed by atoms with van der Waals surface area (Å²) >= 11 is 0. The van der Waals surface area contributed by atoms with Crippen LogP contribution >= 0.6 is 0 Å². The maximum atomic E-state index is 5.93. The molecule has 0 saturated carbocycles. The van der Waals surface area contributed by atoms with E-state index in [-0.39, 0.29) is 6.04 Å². The van der Waals surface area contributed by atoms with E-state index < -0.39 is 0 Å². The Morgan fingerprint density at radius 2 is 1.90 bits per heavy atom. The first-order valence-corrected chi connectivity index (χ1v) is 6.72. The topological polar surface area (TPSA) is 60.2 Å². The number of nitrogens with one attached hydrogen (secondary N) is 1. The molecule has 0 aliphatic rings. The summed E-state index contributed by atoms with van der Waals surface area (Å²) in [6, 6.07) is 10.0. The summed E-state index contributed by atoms with van der Waals surface area (Å²) < 4.78 is 5.73. The summed E-state index contributed by atoms with van der Waals surface area (Å²) in [4.78, 5) is 4.29. The van der Waals surface area contributed by atoms with E-state index in [2.05, 4.69) is 17.2 Å². The van der Waals surface area contributed by atoms with Gasteiger partial charge in [-0.1, -0.05) is 17.7 Å². The number of nitrogens with zero attached hydrogens (tertiary/aromatic N) is 1. The Labute approximate surface area is 120 Å². The molecule has 2 rings (SSSR count). The number of nitrogen functional groups attached to an aromatic ring is 1. The van der Waals surface area contributed by atoms with Crippen molar-refractivity contribution >= 4 is 11.5 Å². The van der Waals surface area contributed by atoms with Crippen molar-refractivity contribution in [1.82, 2.24) is 4.98 Å². The summed E-state index contributed by atoms with van der Waals surface area (Å²) in [6.45, 7) is 6.62. The van der Waals surface area contributed by atoms with Gasteiger partial charge < -0.3 is 15.8 Å². The van der Waals surface area contributed by atoms with Gasteiger partial charge in [-0.2, -0.15) is 0 Å². The molecular weight excluding hydrogens is 250 g/mol. The number of nitrogens with two attached hydrogens (primary N) is 1. The molecule has 0 fully saturated rings. The molecule has 0 aliphatic carbocycles. The van der Waals surface area contributed by atoms with Gasteiger partial charge in [0.25, 0.3) is 0 Å². The Kier molecular flexibility index (Phi) is 4.45. The van der Waals surface area contributed by atoms with E-state index in [1.54, 1.807) is 6.20 Å². The normalized spacial score (nSPS) is 11.9. The first kappa shape index (κ1) is 14.2. The minimum atomic E-state index is 0.119. The third-order valence-corrected chi connectivity index (χ3v) is 2.96. The van der Waals surface area contributed by atoms with Crippen molar-refractivity contribution in [2.75, 3.05) is 17.7 Å². The van der Waals surface area contributed by atoms with Gasteiger partial charge in [0.1, 0.15) is 18.2 Å². The molecule has 3 N–H and O–H groups in total. The highest BCUT2D eigenvalue weighted by Gasteiger charge is 2.07. The third kappa shape index (κ3) is 3.88. The lowest BCUT2D eigenvalue weighted by Gasteiger charge is -2.17. The monoisotopic (exact) mass is 271 g/mol. The van der Waals surface area contributed by atoms with Gasteiger partial charge in [0.05, 0.1) is 11.7 Å². The van der Waals surface area contributed by atoms with Crippen molar-refractivity contribution in [1.29, 1.82) is 0 Å². The highest BCUT2D eigenvalue weighted by Crippen LogP contribution is 2.17. The molecule has 0 bridgehead atoms. The molecule has 0 amide bonds. The highest BCUT2D eigenvalue weighted by atomic mass is 16.5. The van der Waals surface area contributed by atoms with Crippen LogP contribution in [0.2, 0.25) is 0 Å². The predicted molar refractivity (Wildman–Crippen MR) is 83.1 cm³/mol. The molecule has 4 nitrogen and oxygen atoms in total. The molecule has 1 atom stereocenters. The van der Waals surface area contributed by atoms with Crippen molar-refractivity contribution in [2.45, 2.75) is 26.8 Å². The van der Waals surface area contributed by atoms with E-state index in [4.69, 9.17) is 10.5 Å². The van der Waals surface area contributed by atoms with E-state index in [1.165, 1.54) is 5.56 Å². The summed E-state index contributed by atoms with van der Waals surface area (Å²) in [5.41, 5.74) is 8.86. The quantitative estimate of drug-likeness (QED) is 0.877. The van der Waals surface area contributed by atoms with Crippen molar-refractivity contribution < 1.29 is 4.74 Å². The average Bonchev–Trinajstić information content (AvgIpc) is 2.41. The van der Waals surface area contributed by atoms with E-state index in [0.717, 1.165) is 11.3 Å². The molecule has 2 aromatic rings. The largest absolute Gasteiger partial charge is 0.491 e. The molecule has 4 heteroatoms. The Morgan fingerprint density at radius 3 is 2.55 bits per heavy atom. The van der Waals surface area contributed by atoms with E-state index in [0.29, 0.717) is 18.1 Å². The standard InChI is InChI=1S/C16H21N3O/c1-11-4-6-14(7-5-11)20-10-13(3)19-16-15(17)8-12(2)9-18-16/h4-9,13H,10,17H2,1-3H3,(H,18,19). The molecular formula is C16H21N3O. The number of pyridine rings is 1. The highest BCUT2D eigenvalue weighted by molar-refractivity contribution is 5.61. The molecule has 0 spiro atoms. The average molecular weight is 271 g/mol. The van der Waals surface area contributed by atoms with Gasteiger partial charge in [0.2, 0.25) is 0 Å². The van der Waals surface area contributed by atoms with Crippen LogP contribution in [0.3, 0.4) is 0 Å². The number of anilines is 2. The number of hydrogen-bond donors (Lipinski definition) is 2. The second-order valence-electron chi connectivity index (χ2n) is 5.12. The van der Waals surface area contributed by atoms with Gasteiger partial charge in [-0.3, -0.25) is 0 Å². The number of benzene rings is 1. The fourth-order valence-electron chi connectivity index (χ4n) is 1.84. The van der Waals surface area contributed by atoms with Gasteiger partial charge in [-0.25, -0.2) is 4.98 Å². The van der Waals surface area contributed by atoms with E-state index in [1.807, 2.05) is 44.2 Å². The fourth-order valence-corrected chi connectivity index (χ4v) is 1.84. The van der Waals surface area contributed by atoms with Crippen LogP contribution < -0.4 is 15.8 Å². The zero-order valence-electron chi connectivity index (χ0n) is 12.2. The van der Waals surface area contributed by atoms with Gasteiger partial charge >= 0.3 is 0 Å². The molecule has 0 aliphatic heterocycles. The van der Waals surface area contributed by atoms with Gasteiger partial charge in [0, 0.05) is 6.20 Å². The third-order valence-electron chi connectivity index (χ3n) is 2.96. The zero-order chi connectivity index (χ0) is 14.5. The lowest BCUT2D eigenvalue weighted by atomic mass is 10.2. The van der Waals surface area contributed by atoms with Gasteiger partial charge in [-0.15, -0.1) is 0 Å². The summed E-state index contributed by atoms with van der Waals surface area (Å²) in [7, 11) is 0. The minimum absolute atomic E-state index is 0.119. The Hall–Kier alpha value is -2.23. The molecule has 1 aromatic carbocycles. The molecule has 0 saturated heterocycles. The summed E-state index contributed by atoms with van der Waals surface area (Å²) in [5.74, 6) is 1.57. The van der Waals surface area contributed by atoms with Crippen LogP contribution in [0.15, 0.2) is 36.5 Å². The Balaban J connectivity index is 1.89. The van der Waals surface area contributed by atoms with Crippen molar-refractivity contribution in [3.63, 3.8) is 0 Å².